The first-order valence-electron chi connectivity index (χ1n) is 26.5. The van der Waals surface area contributed by atoms with Crippen molar-refractivity contribution in [2.45, 2.75) is 125 Å². The monoisotopic (exact) mass is 1230 g/mol. The molecule has 2 saturated heterocycles. The van der Waals surface area contributed by atoms with Crippen LogP contribution < -0.4 is 25.6 Å². The summed E-state index contributed by atoms with van der Waals surface area (Å²) in [6, 6.07) is 8.42. The molecule has 1 aromatic heterocycles. The van der Waals surface area contributed by atoms with Crippen LogP contribution in [0.1, 0.15) is 99.9 Å². The predicted molar refractivity (Wildman–Crippen MR) is 304 cm³/mol. The second-order valence-corrected chi connectivity index (χ2v) is 22.0. The Morgan fingerprint density at radius 2 is 1.73 bits per heavy atom. The highest BCUT2D eigenvalue weighted by atomic mass is 79.9. The largest absolute Gasteiger partial charge is 0.495 e. The van der Waals surface area contributed by atoms with Gasteiger partial charge in [0.15, 0.2) is 11.5 Å². The molecule has 0 saturated carbocycles. The molecule has 8 atom stereocenters. The Hall–Kier alpha value is -4.74. The van der Waals surface area contributed by atoms with E-state index >= 15 is 0 Å². The van der Waals surface area contributed by atoms with E-state index in [4.69, 9.17) is 40.0 Å². The van der Waals surface area contributed by atoms with Gasteiger partial charge in [-0.2, -0.15) is 0 Å². The van der Waals surface area contributed by atoms with E-state index in [1.54, 1.807) is 44.5 Å². The van der Waals surface area contributed by atoms with Crippen molar-refractivity contribution in [1.29, 1.82) is 0 Å². The number of aromatic nitrogens is 2. The molecule has 3 aliphatic heterocycles. The first-order chi connectivity index (χ1) is 37.2. The van der Waals surface area contributed by atoms with E-state index in [-0.39, 0.29) is 75.1 Å². The molecule has 0 radical (unpaired) electrons. The maximum atomic E-state index is 14.6. The lowest BCUT2D eigenvalue weighted by Gasteiger charge is -2.42. The number of hydrogen-bond donors (Lipinski definition) is 4. The number of nitrogens with one attached hydrogen (secondary N) is 3. The standard InChI is InChI=1S/C56H76Br2ClN7O12/c1-34-12-11-14-49(74-8)56(72)31-48(77-54(71)64-56)35(2)52-55(4,78-52)39(17-21-65(5)45-27-37(26-34)28-47(73-7)51(45)59)30-46(68)44(66(6)36(3)67)13-9-10-19-60-50(69)18-22-75-24-25-76-23-20-61-53(70)38-15-16-40-41(29-38)63-43(33-58)42(32-57)62-40/h11-12,14-16,27-29,35,39,44,48-49,52,72H,9-10,13,17-26,30-33H2,1-8H3,(H,60,69)(H,61,70)(H,64,71)/t35-,39-,44+,48+,49-,52+,55+,56+/m1/s1. The van der Waals surface area contributed by atoms with Gasteiger partial charge in [-0.05, 0) is 87.8 Å². The number of halogens is 3. The molecule has 4 bridgehead atoms. The van der Waals surface area contributed by atoms with Gasteiger partial charge in [0.25, 0.3) is 5.91 Å². The normalized spacial score (nSPS) is 23.8. The number of Topliss-reactive ketones (excluding diaryl/α,β-unsaturated/α-hetero) is 1. The summed E-state index contributed by atoms with van der Waals surface area (Å²) in [5.41, 5.74) is 3.57. The number of alkyl carbamates (subject to hydrolysis) is 1. The summed E-state index contributed by atoms with van der Waals surface area (Å²) in [6.45, 7) is 9.52. The second kappa shape index (κ2) is 29.1. The summed E-state index contributed by atoms with van der Waals surface area (Å²) in [5.74, 6) is -1.02. The van der Waals surface area contributed by atoms with E-state index in [1.807, 2.05) is 50.9 Å². The van der Waals surface area contributed by atoms with Crippen molar-refractivity contribution < 1.29 is 57.5 Å². The molecule has 0 spiro atoms. The van der Waals surface area contributed by atoms with Crippen molar-refractivity contribution in [2.75, 3.05) is 79.3 Å². The van der Waals surface area contributed by atoms with Crippen molar-refractivity contribution in [1.82, 2.24) is 30.8 Å². The number of fused-ring (bicyclic) bond motifs is 6. The minimum atomic E-state index is -1.79. The van der Waals surface area contributed by atoms with Crippen LogP contribution in [0.25, 0.3) is 11.0 Å². The molecule has 3 aliphatic rings. The Kier molecular flexibility index (Phi) is 23.3. The van der Waals surface area contributed by atoms with E-state index in [0.29, 0.717) is 89.8 Å². The Balaban J connectivity index is 0.997. The Labute approximate surface area is 479 Å². The molecule has 3 aromatic rings. The Morgan fingerprint density at radius 1 is 1.01 bits per heavy atom. The van der Waals surface area contributed by atoms with Crippen molar-refractivity contribution in [3.05, 3.63) is 81.7 Å². The maximum absolute atomic E-state index is 14.6. The van der Waals surface area contributed by atoms with Crippen LogP contribution in [0.15, 0.2) is 54.1 Å². The van der Waals surface area contributed by atoms with Gasteiger partial charge in [0.2, 0.25) is 11.8 Å². The third-order valence-electron chi connectivity index (χ3n) is 15.0. The number of ether oxygens (including phenoxy) is 6. The maximum Gasteiger partial charge on any atom is 0.409 e. The van der Waals surface area contributed by atoms with E-state index in [9.17, 15) is 29.1 Å². The summed E-state index contributed by atoms with van der Waals surface area (Å²) >= 11 is 13.8. The van der Waals surface area contributed by atoms with E-state index in [2.05, 4.69) is 57.8 Å². The average molecular weight is 1230 g/mol. The minimum absolute atomic E-state index is 0.0157. The number of benzene rings is 2. The number of aliphatic hydroxyl groups is 1. The molecule has 0 aliphatic carbocycles. The number of rotatable bonds is 23. The highest BCUT2D eigenvalue weighted by molar-refractivity contribution is 9.09. The number of epoxide rings is 1. The number of alkyl halides is 2. The van der Waals surface area contributed by atoms with Gasteiger partial charge >= 0.3 is 6.09 Å². The minimum Gasteiger partial charge on any atom is -0.495 e. The molecule has 19 nitrogen and oxygen atoms in total. The summed E-state index contributed by atoms with van der Waals surface area (Å²) in [7, 11) is 6.62. The van der Waals surface area contributed by atoms with Crippen LogP contribution in [0.4, 0.5) is 10.5 Å². The summed E-state index contributed by atoms with van der Waals surface area (Å²) < 4.78 is 35.1. The number of ketones is 1. The van der Waals surface area contributed by atoms with Crippen LogP contribution in [0.3, 0.4) is 0 Å². The molecule has 0 unspecified atom stereocenters. The van der Waals surface area contributed by atoms with Gasteiger partial charge in [0.05, 0.1) is 79.4 Å². The fourth-order valence-electron chi connectivity index (χ4n) is 10.2. The molecular weight excluding hydrogens is 1160 g/mol. The molecule has 428 valence electrons. The number of carbonyl (C=O) groups excluding carboxylic acids is 5. The number of methoxy groups -OCH3 is 2. The van der Waals surface area contributed by atoms with Gasteiger partial charge in [0, 0.05) is 89.2 Å². The number of anilines is 1. The number of unbranched alkanes of at least 4 members (excludes halogenated alkanes) is 1. The Morgan fingerprint density at radius 3 is 2.42 bits per heavy atom. The predicted octanol–water partition coefficient (Wildman–Crippen LogP) is 7.52. The van der Waals surface area contributed by atoms with Crippen molar-refractivity contribution in [2.24, 2.45) is 11.8 Å². The fourth-order valence-corrected chi connectivity index (χ4v) is 11.5. The number of hydrogen-bond acceptors (Lipinski definition) is 15. The number of carbonyl (C=O) groups is 5. The van der Waals surface area contributed by atoms with E-state index in [0.717, 1.165) is 28.2 Å². The molecule has 22 heteroatoms. The van der Waals surface area contributed by atoms with Gasteiger partial charge in [-0.1, -0.05) is 74.2 Å². The molecule has 6 rings (SSSR count). The molecule has 4 amide bonds. The van der Waals surface area contributed by atoms with Crippen molar-refractivity contribution in [3.8, 4) is 5.75 Å². The lowest BCUT2D eigenvalue weighted by molar-refractivity contribution is -0.142. The van der Waals surface area contributed by atoms with Crippen molar-refractivity contribution in [3.63, 3.8) is 0 Å². The van der Waals surface area contributed by atoms with Gasteiger partial charge in [0.1, 0.15) is 23.0 Å². The summed E-state index contributed by atoms with van der Waals surface area (Å²) in [5, 5.41) is 21.9. The molecule has 4 heterocycles. The number of likely N-dealkylation sites (N-methyl/N-ethyl adjacent to an activating group) is 1. The zero-order valence-corrected chi connectivity index (χ0v) is 49.9. The highest BCUT2D eigenvalue weighted by Gasteiger charge is 2.62. The molecule has 2 aromatic carbocycles. The van der Waals surface area contributed by atoms with Crippen LogP contribution >= 0.6 is 43.5 Å². The summed E-state index contributed by atoms with van der Waals surface area (Å²) in [4.78, 5) is 78.9. The lowest BCUT2D eigenvalue weighted by atomic mass is 9.77. The SMILES string of the molecule is COc1cc2cc(c1Cl)N(C)CC[C@H](CC(=O)[C@H](CCCCNC(=O)CCOCCOCCNC(=O)c1ccc3nc(CBr)c(CBr)nc3c1)N(C)C(C)=O)[C@]1(C)O[C@H]1[C@H](C)[C@@H]1C[C@@](O)(NC(=O)O1)[C@H](OC)C=CC=C(C)C2. The first-order valence-corrected chi connectivity index (χ1v) is 29.1. The average Bonchev–Trinajstić information content (AvgIpc) is 4.25. The van der Waals surface area contributed by atoms with Crippen LogP contribution in [-0.2, 0) is 55.1 Å². The number of amides is 4. The number of nitrogens with zero attached hydrogens (tertiary/aromatic N) is 4. The third kappa shape index (κ3) is 16.4. The van der Waals surface area contributed by atoms with Crippen LogP contribution in [0.5, 0.6) is 5.75 Å². The van der Waals surface area contributed by atoms with Gasteiger partial charge < -0.3 is 54.0 Å². The van der Waals surface area contributed by atoms with Gasteiger partial charge in [-0.3, -0.25) is 24.5 Å². The lowest BCUT2D eigenvalue weighted by Crippen LogP contribution is -2.63. The third-order valence-corrected chi connectivity index (χ3v) is 16.4. The zero-order chi connectivity index (χ0) is 56.7. The summed E-state index contributed by atoms with van der Waals surface area (Å²) in [6.07, 6.45) is 5.36. The van der Waals surface area contributed by atoms with Crippen LogP contribution in [0, 0.1) is 11.8 Å². The van der Waals surface area contributed by atoms with Gasteiger partial charge in [-0.15, -0.1) is 0 Å². The fraction of sp³-hybridized carbons (Fsp3) is 0.589. The van der Waals surface area contributed by atoms with E-state index in [1.165, 1.54) is 18.9 Å². The first kappa shape index (κ1) is 62.5. The molecular formula is C56H76Br2ClN7O12. The van der Waals surface area contributed by atoms with E-state index < -0.39 is 47.7 Å². The number of allylic oxidation sites excluding steroid dienone is 3. The van der Waals surface area contributed by atoms with Gasteiger partial charge in [-0.25, -0.2) is 14.8 Å². The highest BCUT2D eigenvalue weighted by Crippen LogP contribution is 2.52. The topological polar surface area (TPSA) is 233 Å². The van der Waals surface area contributed by atoms with Crippen LogP contribution in [-0.4, -0.2) is 160 Å². The quantitative estimate of drug-likeness (QED) is 0.0409. The zero-order valence-electron chi connectivity index (χ0n) is 46.0. The Bertz CT molecular complexity index is 2660. The van der Waals surface area contributed by atoms with Crippen LogP contribution in [0.2, 0.25) is 5.02 Å². The molecule has 4 N–H and O–H groups in total. The van der Waals surface area contributed by atoms with Crippen molar-refractivity contribution >= 4 is 89.8 Å². The smallest absolute Gasteiger partial charge is 0.409 e. The molecule has 2 fully saturated rings. The second-order valence-electron chi connectivity index (χ2n) is 20.5. The molecule has 78 heavy (non-hydrogen) atoms.